The molecule has 2 bridgehead atoms. The zero-order valence-electron chi connectivity index (χ0n) is 36.6. The number of benzene rings is 1. The number of ether oxygens (including phenoxy) is 5. The van der Waals surface area contributed by atoms with E-state index in [4.69, 9.17) is 40.1 Å². The number of rotatable bonds is 11. The summed E-state index contributed by atoms with van der Waals surface area (Å²) in [5.74, 6) is -1.37. The van der Waals surface area contributed by atoms with Gasteiger partial charge in [0.25, 0.3) is 0 Å². The standard InChI is InChI=1S/C41H62BN3O12/c1-37(2,3)53-34(48)31-27(51-25-21-45(22-25)33(47)26(20-30(43)46)44(13)35(49)54-38(4,5)6)15-14-23(32(31)52-36(50)55-39(7,8)9)16-17-42-56-29-19-24-18-28(40(24,10)11)41(29,12)57-42/h14-15,24-26,28-29H,16-22H2,1-13H3,(H2,43,46)/t24-,26-,28-,29+,41-/m0/s1/i13D. The first-order chi connectivity index (χ1) is 26.6. The van der Waals surface area contributed by atoms with Gasteiger partial charge in [0.05, 0.1) is 31.2 Å². The molecular formula is C41H62BN3O12. The van der Waals surface area contributed by atoms with E-state index in [1.807, 2.05) is 0 Å². The quantitative estimate of drug-likeness (QED) is 0.121. The lowest BCUT2D eigenvalue weighted by molar-refractivity contribution is -0.199. The van der Waals surface area contributed by atoms with Crippen LogP contribution in [0.25, 0.3) is 0 Å². The van der Waals surface area contributed by atoms with Crippen LogP contribution in [0.5, 0.6) is 11.5 Å². The molecule has 5 aliphatic rings. The number of nitrogens with two attached hydrogens (primary N) is 1. The van der Waals surface area contributed by atoms with Gasteiger partial charge in [-0.2, -0.15) is 0 Å². The SMILES string of the molecule is [2H]CN(C(=O)OC(C)(C)C)[C@@H](CC(N)=O)C(=O)N1CC(Oc2ccc(CCB3O[C@@H]4C[C@@H]5C[C@@H](C5(C)C)[C@]4(C)O3)c(OC(=O)OC(C)(C)C)c2C(=O)OC(C)(C)C)C1. The van der Waals surface area contributed by atoms with Crippen LogP contribution in [0.1, 0.15) is 120 Å². The van der Waals surface area contributed by atoms with Crippen LogP contribution in [0.4, 0.5) is 9.59 Å². The van der Waals surface area contributed by atoms with Crippen LogP contribution < -0.4 is 15.2 Å². The normalized spacial score (nSPS) is 24.8. The second-order valence-corrected chi connectivity index (χ2v) is 19.6. The molecule has 3 aliphatic carbocycles. The molecule has 3 saturated carbocycles. The Kier molecular flexibility index (Phi) is 11.7. The van der Waals surface area contributed by atoms with Crippen molar-refractivity contribution < 1.29 is 58.3 Å². The molecule has 3 amide bonds. The molecule has 0 radical (unpaired) electrons. The van der Waals surface area contributed by atoms with Gasteiger partial charge in [0.15, 0.2) is 5.75 Å². The van der Waals surface area contributed by atoms with E-state index in [-0.39, 0.29) is 41.7 Å². The predicted octanol–water partition coefficient (Wildman–Crippen LogP) is 5.93. The highest BCUT2D eigenvalue weighted by Gasteiger charge is 2.67. The lowest BCUT2D eigenvalue weighted by Crippen LogP contribution is -2.65. The van der Waals surface area contributed by atoms with Gasteiger partial charge in [-0.05, 0) is 124 Å². The van der Waals surface area contributed by atoms with Crippen molar-refractivity contribution in [3.05, 3.63) is 23.3 Å². The van der Waals surface area contributed by atoms with E-state index in [0.717, 1.165) is 17.7 Å². The van der Waals surface area contributed by atoms with Crippen molar-refractivity contribution in [2.24, 2.45) is 23.0 Å². The summed E-state index contributed by atoms with van der Waals surface area (Å²) in [5.41, 5.74) is 2.81. The average Bonchev–Trinajstić information content (AvgIpc) is 3.38. The van der Waals surface area contributed by atoms with Gasteiger partial charge >= 0.3 is 25.3 Å². The molecule has 15 nitrogen and oxygen atoms in total. The Labute approximate surface area is 338 Å². The molecule has 0 aromatic heterocycles. The molecule has 57 heavy (non-hydrogen) atoms. The fourth-order valence-electron chi connectivity index (χ4n) is 8.30. The molecule has 5 atom stereocenters. The molecule has 16 heteroatoms. The minimum absolute atomic E-state index is 0.000961. The smallest absolute Gasteiger partial charge is 0.486 e. The van der Waals surface area contributed by atoms with Crippen molar-refractivity contribution in [1.82, 2.24) is 9.80 Å². The van der Waals surface area contributed by atoms with Gasteiger partial charge in [0.2, 0.25) is 11.8 Å². The van der Waals surface area contributed by atoms with Crippen LogP contribution in [0.15, 0.2) is 12.1 Å². The molecule has 1 aromatic carbocycles. The summed E-state index contributed by atoms with van der Waals surface area (Å²) in [6.07, 6.45) is -0.420. The molecule has 2 heterocycles. The maximum absolute atomic E-state index is 14.1. The van der Waals surface area contributed by atoms with E-state index in [0.29, 0.717) is 30.1 Å². The molecule has 5 fully saturated rings. The van der Waals surface area contributed by atoms with E-state index < -0.39 is 85.1 Å². The summed E-state index contributed by atoms with van der Waals surface area (Å²) in [5, 5.41) is 0. The van der Waals surface area contributed by atoms with E-state index in [1.165, 1.54) is 4.90 Å². The number of nitrogens with zero attached hydrogens (tertiary/aromatic N) is 2. The fraction of sp³-hybridized carbons (Fsp3) is 0.732. The number of likely N-dealkylation sites (tertiary alicyclic amines) is 1. The van der Waals surface area contributed by atoms with Gasteiger partial charge < -0.3 is 43.6 Å². The first-order valence-corrected chi connectivity index (χ1v) is 19.8. The van der Waals surface area contributed by atoms with Gasteiger partial charge in [-0.1, -0.05) is 19.9 Å². The topological polar surface area (TPSA) is 182 Å². The van der Waals surface area contributed by atoms with Crippen LogP contribution >= 0.6 is 0 Å². The Morgan fingerprint density at radius 3 is 2.16 bits per heavy atom. The Morgan fingerprint density at radius 2 is 1.60 bits per heavy atom. The number of primary amides is 1. The average molecular weight is 801 g/mol. The first kappa shape index (κ1) is 42.6. The molecule has 2 saturated heterocycles. The van der Waals surface area contributed by atoms with Crippen LogP contribution in [0, 0.1) is 17.3 Å². The van der Waals surface area contributed by atoms with Gasteiger partial charge in [-0.3, -0.25) is 14.5 Å². The largest absolute Gasteiger partial charge is 0.514 e. The van der Waals surface area contributed by atoms with E-state index in [2.05, 4.69) is 20.8 Å². The highest BCUT2D eigenvalue weighted by molar-refractivity contribution is 6.45. The summed E-state index contributed by atoms with van der Waals surface area (Å²) < 4.78 is 50.0. The maximum atomic E-state index is 14.1. The van der Waals surface area contributed by atoms with E-state index in [9.17, 15) is 24.0 Å². The van der Waals surface area contributed by atoms with Gasteiger partial charge in [-0.25, -0.2) is 14.4 Å². The Hall–Kier alpha value is -4.05. The third kappa shape index (κ3) is 9.98. The lowest BCUT2D eigenvalue weighted by Gasteiger charge is -2.64. The maximum Gasteiger partial charge on any atom is 0.514 e. The number of aryl methyl sites for hydroxylation is 1. The number of hydrogen-bond donors (Lipinski definition) is 1. The lowest BCUT2D eigenvalue weighted by atomic mass is 9.43. The molecule has 2 aliphatic heterocycles. The number of likely N-dealkylation sites (N-methyl/N-ethyl adjacent to an activating group) is 1. The van der Waals surface area contributed by atoms with Crippen molar-refractivity contribution >= 4 is 37.2 Å². The Balaban J connectivity index is 1.40. The summed E-state index contributed by atoms with van der Waals surface area (Å²) in [6.45, 7) is 21.9. The van der Waals surface area contributed by atoms with Gasteiger partial charge in [0, 0.05) is 8.39 Å². The zero-order valence-corrected chi connectivity index (χ0v) is 35.6. The van der Waals surface area contributed by atoms with Crippen molar-refractivity contribution in [3.8, 4) is 11.5 Å². The van der Waals surface area contributed by atoms with Crippen LogP contribution in [0.3, 0.4) is 0 Å². The third-order valence-corrected chi connectivity index (χ3v) is 11.2. The van der Waals surface area contributed by atoms with Gasteiger partial charge in [0.1, 0.15) is 40.3 Å². The van der Waals surface area contributed by atoms with Crippen molar-refractivity contribution in [2.45, 2.75) is 156 Å². The Bertz CT molecular complexity index is 1770. The second-order valence-electron chi connectivity index (χ2n) is 19.6. The van der Waals surface area contributed by atoms with Crippen LogP contribution in [0.2, 0.25) is 6.32 Å². The van der Waals surface area contributed by atoms with Crippen molar-refractivity contribution in [3.63, 3.8) is 0 Å². The molecule has 6 rings (SSSR count). The molecule has 0 spiro atoms. The number of carbonyl (C=O) groups excluding carboxylic acids is 5. The zero-order chi connectivity index (χ0) is 43.3. The van der Waals surface area contributed by atoms with Crippen LogP contribution in [-0.4, -0.2) is 108 Å². The van der Waals surface area contributed by atoms with E-state index >= 15 is 0 Å². The number of amides is 3. The molecule has 316 valence electrons. The number of carbonyl (C=O) groups is 5. The Morgan fingerprint density at radius 1 is 0.965 bits per heavy atom. The molecule has 2 N–H and O–H groups in total. The molecular weight excluding hydrogens is 737 g/mol. The van der Waals surface area contributed by atoms with Crippen molar-refractivity contribution in [2.75, 3.05) is 20.1 Å². The molecule has 1 aromatic rings. The molecule has 0 unspecified atom stereocenters. The minimum Gasteiger partial charge on any atom is -0.486 e. The van der Waals surface area contributed by atoms with Crippen LogP contribution in [-0.2, 0) is 39.5 Å². The predicted molar refractivity (Wildman–Crippen MR) is 210 cm³/mol. The summed E-state index contributed by atoms with van der Waals surface area (Å²) in [4.78, 5) is 68.2. The number of esters is 1. The van der Waals surface area contributed by atoms with Gasteiger partial charge in [-0.15, -0.1) is 0 Å². The van der Waals surface area contributed by atoms with E-state index in [1.54, 1.807) is 74.4 Å². The summed E-state index contributed by atoms with van der Waals surface area (Å²) in [7, 11) is -1.17. The summed E-state index contributed by atoms with van der Waals surface area (Å²) in [6, 6.07) is 1.91. The summed E-state index contributed by atoms with van der Waals surface area (Å²) >= 11 is 0. The highest BCUT2D eigenvalue weighted by Crippen LogP contribution is 2.65. The number of hydrogen-bond acceptors (Lipinski definition) is 12. The third-order valence-electron chi connectivity index (χ3n) is 11.2. The highest BCUT2D eigenvalue weighted by atomic mass is 16.7. The monoisotopic (exact) mass is 800 g/mol. The van der Waals surface area contributed by atoms with Crippen molar-refractivity contribution in [1.29, 1.82) is 0 Å². The minimum atomic E-state index is -1.38. The second kappa shape index (κ2) is 15.6. The first-order valence-electron chi connectivity index (χ1n) is 20.5. The fourth-order valence-corrected chi connectivity index (χ4v) is 8.30.